The van der Waals surface area contributed by atoms with Gasteiger partial charge in [0.1, 0.15) is 6.61 Å². The highest BCUT2D eigenvalue weighted by atomic mass is 16.5. The number of rotatable bonds is 3. The second kappa shape index (κ2) is 4.45. The number of nitrogens with one attached hydrogen (secondary N) is 1. The van der Waals surface area contributed by atoms with Gasteiger partial charge in [0.25, 0.3) is 0 Å². The third-order valence-corrected chi connectivity index (χ3v) is 2.69. The van der Waals surface area contributed by atoms with Crippen molar-refractivity contribution >= 4 is 5.91 Å². The summed E-state index contributed by atoms with van der Waals surface area (Å²) in [5.74, 6) is -0.0321. The van der Waals surface area contributed by atoms with E-state index < -0.39 is 0 Å². The average Bonchev–Trinajstić information content (AvgIpc) is 2.59. The van der Waals surface area contributed by atoms with Crippen LogP contribution < -0.4 is 5.32 Å². The van der Waals surface area contributed by atoms with Crippen LogP contribution in [0.2, 0.25) is 0 Å². The highest BCUT2D eigenvalue weighted by Crippen LogP contribution is 2.21. The molecule has 1 aliphatic rings. The SMILES string of the molecule is COCC(=O)NC1Cc2ccccc2C1. The Hall–Kier alpha value is -1.35. The quantitative estimate of drug-likeness (QED) is 0.796. The molecule has 0 saturated carbocycles. The Morgan fingerprint density at radius 2 is 2.00 bits per heavy atom. The maximum atomic E-state index is 11.3. The number of benzene rings is 1. The Labute approximate surface area is 89.4 Å². The molecule has 2 rings (SSSR count). The van der Waals surface area contributed by atoms with Gasteiger partial charge in [0, 0.05) is 13.2 Å². The van der Waals surface area contributed by atoms with Gasteiger partial charge in [-0.05, 0) is 24.0 Å². The molecule has 0 fully saturated rings. The lowest BCUT2D eigenvalue weighted by molar-refractivity contribution is -0.125. The van der Waals surface area contributed by atoms with Gasteiger partial charge in [-0.1, -0.05) is 24.3 Å². The first-order valence-corrected chi connectivity index (χ1v) is 5.14. The summed E-state index contributed by atoms with van der Waals surface area (Å²) >= 11 is 0. The van der Waals surface area contributed by atoms with Crippen LogP contribution in [0.25, 0.3) is 0 Å². The molecule has 0 aromatic heterocycles. The van der Waals surface area contributed by atoms with Crippen molar-refractivity contribution in [3.8, 4) is 0 Å². The van der Waals surface area contributed by atoms with E-state index in [2.05, 4.69) is 17.4 Å². The molecule has 15 heavy (non-hydrogen) atoms. The normalized spacial score (nSPS) is 15.0. The number of fused-ring (bicyclic) bond motifs is 1. The molecule has 3 heteroatoms. The second-order valence-electron chi connectivity index (χ2n) is 3.87. The molecule has 0 heterocycles. The van der Waals surface area contributed by atoms with Gasteiger partial charge < -0.3 is 10.1 Å². The van der Waals surface area contributed by atoms with E-state index >= 15 is 0 Å². The molecule has 1 aromatic carbocycles. The molecule has 0 aliphatic heterocycles. The molecule has 1 aromatic rings. The van der Waals surface area contributed by atoms with Crippen LogP contribution in [-0.4, -0.2) is 25.7 Å². The molecule has 0 spiro atoms. The van der Waals surface area contributed by atoms with Crippen LogP contribution in [0.4, 0.5) is 0 Å². The summed E-state index contributed by atoms with van der Waals surface area (Å²) < 4.78 is 4.78. The lowest BCUT2D eigenvalue weighted by Gasteiger charge is -2.11. The zero-order chi connectivity index (χ0) is 10.7. The van der Waals surface area contributed by atoms with Crippen LogP contribution in [-0.2, 0) is 22.4 Å². The van der Waals surface area contributed by atoms with Gasteiger partial charge in [0.05, 0.1) is 0 Å². The third-order valence-electron chi connectivity index (χ3n) is 2.69. The van der Waals surface area contributed by atoms with Gasteiger partial charge in [-0.2, -0.15) is 0 Å². The van der Waals surface area contributed by atoms with Gasteiger partial charge in [-0.3, -0.25) is 4.79 Å². The van der Waals surface area contributed by atoms with E-state index in [0.29, 0.717) is 0 Å². The fourth-order valence-electron chi connectivity index (χ4n) is 2.06. The Bertz CT molecular complexity index is 337. The Kier molecular flexibility index (Phi) is 3.02. The van der Waals surface area contributed by atoms with Crippen LogP contribution in [0.5, 0.6) is 0 Å². The number of hydrogen-bond donors (Lipinski definition) is 1. The second-order valence-corrected chi connectivity index (χ2v) is 3.87. The van der Waals surface area contributed by atoms with E-state index in [4.69, 9.17) is 4.74 Å². The molecule has 80 valence electrons. The van der Waals surface area contributed by atoms with E-state index in [1.807, 2.05) is 12.1 Å². The number of methoxy groups -OCH3 is 1. The molecule has 1 aliphatic carbocycles. The minimum absolute atomic E-state index is 0.0321. The molecule has 0 saturated heterocycles. The van der Waals surface area contributed by atoms with Crippen molar-refractivity contribution in [2.45, 2.75) is 18.9 Å². The predicted octanol–water partition coefficient (Wildman–Crippen LogP) is 0.916. The van der Waals surface area contributed by atoms with Crippen LogP contribution in [0.3, 0.4) is 0 Å². The third kappa shape index (κ3) is 2.36. The summed E-state index contributed by atoms with van der Waals surface area (Å²) in [6, 6.07) is 8.57. The highest BCUT2D eigenvalue weighted by Gasteiger charge is 2.21. The Morgan fingerprint density at radius 3 is 2.53 bits per heavy atom. The van der Waals surface area contributed by atoms with Gasteiger partial charge in [-0.15, -0.1) is 0 Å². The number of carbonyl (C=O) groups is 1. The van der Waals surface area contributed by atoms with E-state index in [0.717, 1.165) is 12.8 Å². The van der Waals surface area contributed by atoms with Gasteiger partial charge >= 0.3 is 0 Å². The largest absolute Gasteiger partial charge is 0.375 e. The predicted molar refractivity (Wildman–Crippen MR) is 57.7 cm³/mol. The van der Waals surface area contributed by atoms with Crippen LogP contribution in [0.15, 0.2) is 24.3 Å². The fourth-order valence-corrected chi connectivity index (χ4v) is 2.06. The van der Waals surface area contributed by atoms with Gasteiger partial charge in [-0.25, -0.2) is 0 Å². The summed E-state index contributed by atoms with van der Waals surface area (Å²) in [7, 11) is 1.53. The molecule has 0 radical (unpaired) electrons. The Morgan fingerprint density at radius 1 is 1.40 bits per heavy atom. The van der Waals surface area contributed by atoms with Crippen molar-refractivity contribution in [3.63, 3.8) is 0 Å². The maximum absolute atomic E-state index is 11.3. The van der Waals surface area contributed by atoms with Crippen molar-refractivity contribution in [3.05, 3.63) is 35.4 Å². The van der Waals surface area contributed by atoms with Crippen molar-refractivity contribution in [1.29, 1.82) is 0 Å². The Balaban J connectivity index is 1.93. The van der Waals surface area contributed by atoms with Gasteiger partial charge in [0.2, 0.25) is 5.91 Å². The number of hydrogen-bond acceptors (Lipinski definition) is 2. The summed E-state index contributed by atoms with van der Waals surface area (Å²) in [6.45, 7) is 0.146. The number of amides is 1. The molecule has 0 bridgehead atoms. The molecule has 0 atom stereocenters. The van der Waals surface area contributed by atoms with E-state index in [1.165, 1.54) is 18.2 Å². The first-order chi connectivity index (χ1) is 7.29. The number of carbonyl (C=O) groups excluding carboxylic acids is 1. The minimum atomic E-state index is -0.0321. The summed E-state index contributed by atoms with van der Waals surface area (Å²) in [5, 5.41) is 2.96. The van der Waals surface area contributed by atoms with Crippen LogP contribution >= 0.6 is 0 Å². The van der Waals surface area contributed by atoms with Crippen LogP contribution in [0.1, 0.15) is 11.1 Å². The maximum Gasteiger partial charge on any atom is 0.246 e. The monoisotopic (exact) mass is 205 g/mol. The van der Waals surface area contributed by atoms with E-state index in [9.17, 15) is 4.79 Å². The van der Waals surface area contributed by atoms with Gasteiger partial charge in [0.15, 0.2) is 0 Å². The standard InChI is InChI=1S/C12H15NO2/c1-15-8-12(14)13-11-6-9-4-2-3-5-10(9)7-11/h2-5,11H,6-8H2,1H3,(H,13,14). The highest BCUT2D eigenvalue weighted by molar-refractivity contribution is 5.77. The summed E-state index contributed by atoms with van der Waals surface area (Å²) in [4.78, 5) is 11.3. The zero-order valence-corrected chi connectivity index (χ0v) is 8.82. The van der Waals surface area contributed by atoms with Crippen LogP contribution in [0, 0.1) is 0 Å². The molecular weight excluding hydrogens is 190 g/mol. The zero-order valence-electron chi connectivity index (χ0n) is 8.82. The van der Waals surface area contributed by atoms with Crippen molar-refractivity contribution in [2.75, 3.05) is 13.7 Å². The smallest absolute Gasteiger partial charge is 0.246 e. The minimum Gasteiger partial charge on any atom is -0.375 e. The van der Waals surface area contributed by atoms with E-state index in [-0.39, 0.29) is 18.6 Å². The first-order valence-electron chi connectivity index (χ1n) is 5.14. The van der Waals surface area contributed by atoms with E-state index in [1.54, 1.807) is 0 Å². The molecular formula is C12H15NO2. The lowest BCUT2D eigenvalue weighted by atomic mass is 10.1. The summed E-state index contributed by atoms with van der Waals surface area (Å²) in [5.41, 5.74) is 2.69. The average molecular weight is 205 g/mol. The molecule has 1 N–H and O–H groups in total. The topological polar surface area (TPSA) is 38.3 Å². The lowest BCUT2D eigenvalue weighted by Crippen LogP contribution is -2.37. The molecule has 3 nitrogen and oxygen atoms in total. The fraction of sp³-hybridized carbons (Fsp3) is 0.417. The molecule has 0 unspecified atom stereocenters. The van der Waals surface area contributed by atoms with Crippen molar-refractivity contribution < 1.29 is 9.53 Å². The van der Waals surface area contributed by atoms with Crippen molar-refractivity contribution in [2.24, 2.45) is 0 Å². The number of ether oxygens (including phenoxy) is 1. The molecule has 1 amide bonds. The first kappa shape index (κ1) is 10.2. The summed E-state index contributed by atoms with van der Waals surface area (Å²) in [6.07, 6.45) is 1.87. The van der Waals surface area contributed by atoms with Crippen molar-refractivity contribution in [1.82, 2.24) is 5.32 Å².